The van der Waals surface area contributed by atoms with E-state index in [9.17, 15) is 23.1 Å². The number of imidazole rings is 1. The molecule has 9 heteroatoms. The first kappa shape index (κ1) is 23.2. The molecule has 8 nitrogen and oxygen atoms in total. The van der Waals surface area contributed by atoms with Gasteiger partial charge in [0, 0.05) is 25.5 Å². The van der Waals surface area contributed by atoms with E-state index in [1.807, 2.05) is 16.9 Å². The van der Waals surface area contributed by atoms with Crippen LogP contribution in [0.5, 0.6) is 0 Å². The summed E-state index contributed by atoms with van der Waals surface area (Å²) < 4.78 is 28.8. The van der Waals surface area contributed by atoms with Gasteiger partial charge < -0.3 is 9.67 Å². The van der Waals surface area contributed by atoms with Crippen LogP contribution in [0.1, 0.15) is 48.6 Å². The van der Waals surface area contributed by atoms with Gasteiger partial charge in [0.1, 0.15) is 11.5 Å². The van der Waals surface area contributed by atoms with Crippen molar-refractivity contribution in [2.45, 2.75) is 44.6 Å². The van der Waals surface area contributed by atoms with Crippen LogP contribution >= 0.6 is 0 Å². The number of carbonyl (C=O) groups is 2. The number of rotatable bonds is 9. The van der Waals surface area contributed by atoms with Crippen LogP contribution in [0.25, 0.3) is 11.1 Å². The summed E-state index contributed by atoms with van der Waals surface area (Å²) in [5.41, 5.74) is 2.11. The number of carboxylic acid groups (broad SMARTS) is 1. The average molecular weight is 456 g/mol. The fourth-order valence-electron chi connectivity index (χ4n) is 3.45. The molecule has 1 aromatic heterocycles. The molecule has 0 bridgehead atoms. The molecule has 1 heterocycles. The minimum atomic E-state index is -4.00. The van der Waals surface area contributed by atoms with E-state index in [1.165, 1.54) is 12.3 Å². The van der Waals surface area contributed by atoms with Crippen LogP contribution < -0.4 is 4.72 Å². The number of carbonyl (C=O) groups excluding carboxylic acids is 1. The van der Waals surface area contributed by atoms with Crippen LogP contribution in [0.2, 0.25) is 0 Å². The second-order valence-corrected chi connectivity index (χ2v) is 9.06. The number of aromatic carboxylic acids is 1. The van der Waals surface area contributed by atoms with Crippen LogP contribution in [0.4, 0.5) is 0 Å². The van der Waals surface area contributed by atoms with Crippen LogP contribution in [0.3, 0.4) is 0 Å². The van der Waals surface area contributed by atoms with Crippen molar-refractivity contribution in [2.75, 3.05) is 0 Å². The summed E-state index contributed by atoms with van der Waals surface area (Å²) in [5.74, 6) is -0.974. The number of carboxylic acids is 1. The largest absolute Gasteiger partial charge is 0.477 e. The van der Waals surface area contributed by atoms with Crippen molar-refractivity contribution in [3.63, 3.8) is 0 Å². The number of amides is 1. The lowest BCUT2D eigenvalue weighted by Gasteiger charge is -2.13. The van der Waals surface area contributed by atoms with E-state index < -0.39 is 21.9 Å². The van der Waals surface area contributed by atoms with Gasteiger partial charge in [-0.1, -0.05) is 55.8 Å². The highest BCUT2D eigenvalue weighted by molar-refractivity contribution is 7.90. The molecule has 2 N–H and O–H groups in total. The maximum absolute atomic E-state index is 12.5. The van der Waals surface area contributed by atoms with Gasteiger partial charge in [-0.3, -0.25) is 4.79 Å². The van der Waals surface area contributed by atoms with E-state index in [2.05, 4.69) is 11.9 Å². The molecular formula is C23H25N3O5S. The maximum atomic E-state index is 12.5. The molecule has 3 aromatic rings. The van der Waals surface area contributed by atoms with Crippen LogP contribution in [-0.4, -0.2) is 35.0 Å². The minimum Gasteiger partial charge on any atom is -0.477 e. The van der Waals surface area contributed by atoms with Gasteiger partial charge >= 0.3 is 5.97 Å². The second-order valence-electron chi connectivity index (χ2n) is 7.41. The summed E-state index contributed by atoms with van der Waals surface area (Å²) in [5, 5.41) is 9.50. The standard InChI is InChI=1S/C23H25N3O5S/c1-3-4-9-22-24-14-20(23(28)29)26(22)15-17-10-12-18(13-11-17)19-7-5-6-8-21(19)32(30,31)25-16(2)27/h5-8,10-14H,3-4,9,15H2,1-2H3,(H,25,27)(H,28,29). The van der Waals surface area contributed by atoms with Gasteiger partial charge in [-0.25, -0.2) is 22.9 Å². The summed E-state index contributed by atoms with van der Waals surface area (Å²) in [6.07, 6.45) is 3.96. The van der Waals surface area contributed by atoms with E-state index in [-0.39, 0.29) is 10.6 Å². The normalized spacial score (nSPS) is 11.3. The molecule has 0 radical (unpaired) electrons. The highest BCUT2D eigenvalue weighted by Crippen LogP contribution is 2.28. The molecule has 0 saturated carbocycles. The smallest absolute Gasteiger partial charge is 0.354 e. The van der Waals surface area contributed by atoms with Crippen molar-refractivity contribution in [1.82, 2.24) is 14.3 Å². The Morgan fingerprint density at radius 1 is 1.09 bits per heavy atom. The van der Waals surface area contributed by atoms with Gasteiger partial charge in [0.25, 0.3) is 10.0 Å². The molecule has 0 atom stereocenters. The molecule has 0 aliphatic heterocycles. The molecule has 0 aliphatic rings. The van der Waals surface area contributed by atoms with Crippen molar-refractivity contribution in [2.24, 2.45) is 0 Å². The van der Waals surface area contributed by atoms with Crippen LogP contribution in [0.15, 0.2) is 59.6 Å². The van der Waals surface area contributed by atoms with E-state index in [0.717, 1.165) is 31.2 Å². The van der Waals surface area contributed by atoms with E-state index in [4.69, 9.17) is 0 Å². The number of aryl methyl sites for hydroxylation is 1. The molecular weight excluding hydrogens is 430 g/mol. The molecule has 2 aromatic carbocycles. The predicted molar refractivity (Wildman–Crippen MR) is 120 cm³/mol. The third kappa shape index (κ3) is 5.23. The fourth-order valence-corrected chi connectivity index (χ4v) is 4.67. The van der Waals surface area contributed by atoms with Gasteiger partial charge in [-0.15, -0.1) is 0 Å². The number of benzene rings is 2. The van der Waals surface area contributed by atoms with Gasteiger partial charge in [0.15, 0.2) is 0 Å². The topological polar surface area (TPSA) is 118 Å². The molecule has 0 spiro atoms. The number of nitrogens with zero attached hydrogens (tertiary/aromatic N) is 2. The van der Waals surface area contributed by atoms with Gasteiger partial charge in [-0.2, -0.15) is 0 Å². The maximum Gasteiger partial charge on any atom is 0.354 e. The SMILES string of the molecule is CCCCc1ncc(C(=O)O)n1Cc1ccc(-c2ccccc2S(=O)(=O)NC(C)=O)cc1. The highest BCUT2D eigenvalue weighted by atomic mass is 32.2. The summed E-state index contributed by atoms with van der Waals surface area (Å²) >= 11 is 0. The summed E-state index contributed by atoms with van der Waals surface area (Å²) in [4.78, 5) is 27.2. The zero-order chi connectivity index (χ0) is 23.3. The summed E-state index contributed by atoms with van der Waals surface area (Å²) in [7, 11) is -4.00. The van der Waals surface area contributed by atoms with Crippen molar-refractivity contribution in [3.05, 3.63) is 71.8 Å². The molecule has 0 fully saturated rings. The van der Waals surface area contributed by atoms with Crippen molar-refractivity contribution in [3.8, 4) is 11.1 Å². The first-order valence-corrected chi connectivity index (χ1v) is 11.7. The number of hydrogen-bond donors (Lipinski definition) is 2. The Kier molecular flexibility index (Phi) is 7.09. The lowest BCUT2D eigenvalue weighted by molar-refractivity contribution is -0.117. The zero-order valence-corrected chi connectivity index (χ0v) is 18.7. The average Bonchev–Trinajstić information content (AvgIpc) is 3.14. The molecule has 0 unspecified atom stereocenters. The van der Waals surface area contributed by atoms with E-state index >= 15 is 0 Å². The lowest BCUT2D eigenvalue weighted by Crippen LogP contribution is -2.28. The first-order valence-electron chi connectivity index (χ1n) is 10.2. The Hall–Kier alpha value is -3.46. The third-order valence-electron chi connectivity index (χ3n) is 4.97. The molecule has 0 aliphatic carbocycles. The van der Waals surface area contributed by atoms with E-state index in [0.29, 0.717) is 24.1 Å². The third-order valence-corrected chi connectivity index (χ3v) is 6.46. The quantitative estimate of drug-likeness (QED) is 0.510. The zero-order valence-electron chi connectivity index (χ0n) is 17.9. The van der Waals surface area contributed by atoms with Gasteiger partial charge in [-0.05, 0) is 23.6 Å². The van der Waals surface area contributed by atoms with Crippen molar-refractivity contribution < 1.29 is 23.1 Å². The van der Waals surface area contributed by atoms with Crippen LogP contribution in [-0.2, 0) is 27.8 Å². The predicted octanol–water partition coefficient (Wildman–Crippen LogP) is 3.46. The second kappa shape index (κ2) is 9.78. The van der Waals surface area contributed by atoms with E-state index in [1.54, 1.807) is 34.9 Å². The summed E-state index contributed by atoms with van der Waals surface area (Å²) in [6, 6.07) is 13.6. The summed E-state index contributed by atoms with van der Waals surface area (Å²) in [6.45, 7) is 3.55. The van der Waals surface area contributed by atoms with Gasteiger partial charge in [0.05, 0.1) is 11.1 Å². The Morgan fingerprint density at radius 2 is 1.78 bits per heavy atom. The molecule has 0 saturated heterocycles. The Balaban J connectivity index is 1.92. The molecule has 168 valence electrons. The minimum absolute atomic E-state index is 0.00701. The first-order chi connectivity index (χ1) is 15.2. The highest BCUT2D eigenvalue weighted by Gasteiger charge is 2.20. The fraction of sp³-hybridized carbons (Fsp3) is 0.261. The number of aromatic nitrogens is 2. The lowest BCUT2D eigenvalue weighted by atomic mass is 10.0. The van der Waals surface area contributed by atoms with Crippen molar-refractivity contribution in [1.29, 1.82) is 0 Å². The molecule has 3 rings (SSSR count). The number of hydrogen-bond acceptors (Lipinski definition) is 5. The molecule has 32 heavy (non-hydrogen) atoms. The van der Waals surface area contributed by atoms with Crippen molar-refractivity contribution >= 4 is 21.9 Å². The Bertz CT molecular complexity index is 1230. The number of unbranched alkanes of at least 4 members (excludes halogenated alkanes) is 1. The van der Waals surface area contributed by atoms with Gasteiger partial charge in [0.2, 0.25) is 5.91 Å². The van der Waals surface area contributed by atoms with Crippen LogP contribution in [0, 0.1) is 0 Å². The Morgan fingerprint density at radius 3 is 2.41 bits per heavy atom. The number of nitrogens with one attached hydrogen (secondary N) is 1. The monoisotopic (exact) mass is 455 g/mol. The number of sulfonamides is 1. The Labute approximate surface area is 187 Å². The molecule has 1 amide bonds.